The smallest absolute Gasteiger partial charge is 0.392 e. The van der Waals surface area contributed by atoms with E-state index in [2.05, 4.69) is 43.8 Å². The third-order valence-corrected chi connectivity index (χ3v) is 9.95. The highest BCUT2D eigenvalue weighted by Gasteiger charge is 2.39. The molecule has 12 heteroatoms. The first kappa shape index (κ1) is 28.4. The fourth-order valence-corrected chi connectivity index (χ4v) is 3.62. The number of hydrogen-bond donors (Lipinski definition) is 2. The molecule has 1 aromatic heterocycles. The molecule has 0 aliphatic carbocycles. The van der Waals surface area contributed by atoms with Crippen molar-refractivity contribution in [3.63, 3.8) is 0 Å². The maximum absolute atomic E-state index is 12.3. The Balaban J connectivity index is 2.18. The maximum atomic E-state index is 12.3. The number of nitrogens with zero attached hydrogens (tertiary/aromatic N) is 2. The number of aliphatic hydroxyl groups is 1. The molecule has 0 aliphatic rings. The van der Waals surface area contributed by atoms with Gasteiger partial charge in [-0.25, -0.2) is 9.78 Å². The van der Waals surface area contributed by atoms with Crippen LogP contribution in [0.4, 0.5) is 13.2 Å². The van der Waals surface area contributed by atoms with Crippen molar-refractivity contribution in [2.24, 2.45) is 0 Å². The van der Waals surface area contributed by atoms with E-state index in [0.717, 1.165) is 0 Å². The van der Waals surface area contributed by atoms with Crippen molar-refractivity contribution in [3.05, 3.63) is 41.7 Å². The van der Waals surface area contributed by atoms with Crippen LogP contribution in [0.3, 0.4) is 0 Å². The molecule has 35 heavy (non-hydrogen) atoms. The lowest BCUT2D eigenvalue weighted by atomic mass is 10.1. The third-order valence-electron chi connectivity index (χ3n) is 5.59. The van der Waals surface area contributed by atoms with Gasteiger partial charge < -0.3 is 24.1 Å². The molecule has 0 unspecified atom stereocenters. The van der Waals surface area contributed by atoms with E-state index in [1.807, 2.05) is 0 Å². The van der Waals surface area contributed by atoms with E-state index in [4.69, 9.17) is 19.0 Å². The van der Waals surface area contributed by atoms with Crippen molar-refractivity contribution < 1.29 is 42.1 Å². The number of rotatable bonds is 11. The Labute approximate surface area is 203 Å². The van der Waals surface area contributed by atoms with Crippen molar-refractivity contribution in [2.45, 2.75) is 70.6 Å². The molecule has 0 aliphatic heterocycles. The number of carboxylic acids is 1. The normalized spacial score (nSPS) is 13.3. The minimum Gasteiger partial charge on any atom is -0.543 e. The highest BCUT2D eigenvalue weighted by Crippen LogP contribution is 2.38. The molecule has 0 bridgehead atoms. The molecule has 0 fully saturated rings. The molecule has 2 rings (SSSR count). The minimum atomic E-state index is -4.35. The van der Waals surface area contributed by atoms with Gasteiger partial charge in [0.05, 0.1) is 12.1 Å². The zero-order valence-electron chi connectivity index (χ0n) is 20.3. The Bertz CT molecular complexity index is 1010. The van der Waals surface area contributed by atoms with Crippen LogP contribution in [0, 0.1) is 0 Å². The first-order valence-corrected chi connectivity index (χ1v) is 13.9. The van der Waals surface area contributed by atoms with E-state index in [9.17, 15) is 23.1 Å². The molecule has 2 N–H and O–H groups in total. The Morgan fingerprint density at radius 2 is 1.83 bits per heavy atom. The van der Waals surface area contributed by atoms with Crippen molar-refractivity contribution in [2.75, 3.05) is 6.61 Å². The van der Waals surface area contributed by atoms with E-state index < -0.39 is 39.6 Å². The second-order valence-electron chi connectivity index (χ2n) is 9.52. The monoisotopic (exact) mass is 516 g/mol. The second-order valence-corrected chi connectivity index (χ2v) is 14.2. The predicted molar refractivity (Wildman–Crippen MR) is 124 cm³/mol. The molecule has 1 atom stereocenters. The molecule has 0 saturated heterocycles. The van der Waals surface area contributed by atoms with Crippen molar-refractivity contribution in [1.29, 1.82) is 0 Å². The van der Waals surface area contributed by atoms with Crippen LogP contribution in [0.25, 0.3) is 0 Å². The number of alkyl halides is 3. The molecular weight excluding hydrogens is 485 g/mol. The summed E-state index contributed by atoms with van der Waals surface area (Å²) in [6, 6.07) is 6.27. The van der Waals surface area contributed by atoms with Gasteiger partial charge >= 0.3 is 18.2 Å². The molecule has 194 valence electrons. The Morgan fingerprint density at radius 3 is 2.43 bits per heavy atom. The van der Waals surface area contributed by atoms with E-state index in [-0.39, 0.29) is 24.1 Å². The number of ether oxygens (including phenoxy) is 2. The lowest BCUT2D eigenvalue weighted by Gasteiger charge is -2.36. The van der Waals surface area contributed by atoms with E-state index in [0.29, 0.717) is 22.8 Å². The van der Waals surface area contributed by atoms with Crippen molar-refractivity contribution >= 4 is 14.3 Å². The van der Waals surface area contributed by atoms with E-state index in [1.165, 1.54) is 12.3 Å². The standard InChI is InChI=1S/C23H31F3N2O6Si/c1-22(2,3)35(4,5)34-17-6-7-19(15(12-17)13-18(29)20(30)31)33-14-16-8-10-27-21(28-16)32-11-9-23(24,25)26/h6-8,10,12,18,29H,9,11,13-14H2,1-5H3,(H,30,31)/t18-/m1/s1. The molecular formula is C23H31F3N2O6Si. The Kier molecular flexibility index (Phi) is 9.12. The van der Waals surface area contributed by atoms with Gasteiger partial charge in [-0.3, -0.25) is 0 Å². The molecule has 1 heterocycles. The van der Waals surface area contributed by atoms with Gasteiger partial charge in [-0.2, -0.15) is 18.2 Å². The lowest BCUT2D eigenvalue weighted by Crippen LogP contribution is -2.43. The highest BCUT2D eigenvalue weighted by molar-refractivity contribution is 6.74. The third kappa shape index (κ3) is 9.02. The summed E-state index contributed by atoms with van der Waals surface area (Å²) < 4.78 is 53.9. The minimum absolute atomic E-state index is 0.0597. The van der Waals surface area contributed by atoms with Crippen LogP contribution in [0.2, 0.25) is 18.1 Å². The van der Waals surface area contributed by atoms with Crippen molar-refractivity contribution in [3.8, 4) is 17.5 Å². The van der Waals surface area contributed by atoms with Gasteiger partial charge in [0.1, 0.15) is 24.7 Å². The molecule has 2 aromatic rings. The van der Waals surface area contributed by atoms with Gasteiger partial charge in [-0.1, -0.05) is 20.8 Å². The number of carboxylic acid groups (broad SMARTS) is 1. The number of aromatic nitrogens is 2. The number of halogens is 3. The van der Waals surface area contributed by atoms with Gasteiger partial charge in [0, 0.05) is 18.2 Å². The van der Waals surface area contributed by atoms with Crippen LogP contribution in [0.1, 0.15) is 38.4 Å². The van der Waals surface area contributed by atoms with Crippen molar-refractivity contribution in [1.82, 2.24) is 9.97 Å². The van der Waals surface area contributed by atoms with Crippen LogP contribution in [0.15, 0.2) is 30.5 Å². The second kappa shape index (κ2) is 11.3. The van der Waals surface area contributed by atoms with E-state index in [1.54, 1.807) is 18.2 Å². The van der Waals surface area contributed by atoms with Crippen LogP contribution in [-0.4, -0.2) is 53.4 Å². The summed E-state index contributed by atoms with van der Waals surface area (Å²) in [4.78, 5) is 19.0. The predicted octanol–water partition coefficient (Wildman–Crippen LogP) is 4.76. The van der Waals surface area contributed by atoms with Crippen LogP contribution >= 0.6 is 0 Å². The molecule has 1 aromatic carbocycles. The van der Waals surface area contributed by atoms with Crippen LogP contribution in [0.5, 0.6) is 17.5 Å². The summed E-state index contributed by atoms with van der Waals surface area (Å²) in [5.41, 5.74) is 0.764. The molecule has 0 spiro atoms. The quantitative estimate of drug-likeness (QED) is 0.412. The summed E-state index contributed by atoms with van der Waals surface area (Å²) in [5.74, 6) is -0.520. The number of benzene rings is 1. The van der Waals surface area contributed by atoms with Gasteiger partial charge in [-0.05, 0) is 42.4 Å². The number of hydrogen-bond acceptors (Lipinski definition) is 7. The number of aliphatic carboxylic acids is 1. The lowest BCUT2D eigenvalue weighted by molar-refractivity contribution is -0.146. The summed E-state index contributed by atoms with van der Waals surface area (Å²) in [5, 5.41) is 19.0. The van der Waals surface area contributed by atoms with Gasteiger partial charge in [-0.15, -0.1) is 0 Å². The average Bonchev–Trinajstić information content (AvgIpc) is 2.71. The zero-order chi connectivity index (χ0) is 26.4. The largest absolute Gasteiger partial charge is 0.543 e. The average molecular weight is 517 g/mol. The van der Waals surface area contributed by atoms with Gasteiger partial charge in [0.25, 0.3) is 0 Å². The fraction of sp³-hybridized carbons (Fsp3) is 0.522. The first-order chi connectivity index (χ1) is 16.1. The Morgan fingerprint density at radius 1 is 1.14 bits per heavy atom. The maximum Gasteiger partial charge on any atom is 0.392 e. The Hall–Kier alpha value is -2.86. The fourth-order valence-electron chi connectivity index (χ4n) is 2.60. The van der Waals surface area contributed by atoms with Crippen LogP contribution < -0.4 is 13.9 Å². The molecule has 0 amide bonds. The highest BCUT2D eigenvalue weighted by atomic mass is 28.4. The first-order valence-electron chi connectivity index (χ1n) is 10.9. The number of aliphatic hydroxyl groups excluding tert-OH is 1. The molecule has 0 radical (unpaired) electrons. The number of carbonyl (C=O) groups is 1. The summed E-state index contributed by atoms with van der Waals surface area (Å²) >= 11 is 0. The molecule has 0 saturated carbocycles. The SMILES string of the molecule is CC(C)(C)[Si](C)(C)Oc1ccc(OCc2ccnc(OCCC(F)(F)F)n2)c(C[C@@H](O)C(=O)O)c1. The van der Waals surface area contributed by atoms with Gasteiger partial charge in [0.15, 0.2) is 6.10 Å². The van der Waals surface area contributed by atoms with E-state index >= 15 is 0 Å². The van der Waals surface area contributed by atoms with Crippen LogP contribution in [-0.2, 0) is 17.8 Å². The summed E-state index contributed by atoms with van der Waals surface area (Å²) in [7, 11) is -2.17. The summed E-state index contributed by atoms with van der Waals surface area (Å²) in [6.07, 6.45) is -6.00. The summed E-state index contributed by atoms with van der Waals surface area (Å²) in [6.45, 7) is 9.73. The zero-order valence-corrected chi connectivity index (χ0v) is 21.3. The molecule has 8 nitrogen and oxygen atoms in total. The van der Waals surface area contributed by atoms with Gasteiger partial charge in [0.2, 0.25) is 8.32 Å². The topological polar surface area (TPSA) is 111 Å².